The molecule has 0 spiro atoms. The third-order valence-corrected chi connectivity index (χ3v) is 3.70. The number of Topliss-reactive ketones (excluding diaryl/α,β-unsaturated/α-hetero) is 1. The first-order valence-electron chi connectivity index (χ1n) is 7.86. The molecule has 106 valence electrons. The van der Waals surface area contributed by atoms with Gasteiger partial charge in [-0.25, -0.2) is 0 Å². The van der Waals surface area contributed by atoms with E-state index in [9.17, 15) is 4.79 Å². The number of hydrogen-bond acceptors (Lipinski definition) is 1. The van der Waals surface area contributed by atoms with Crippen LogP contribution in [0.25, 0.3) is 0 Å². The van der Waals surface area contributed by atoms with Gasteiger partial charge >= 0.3 is 0 Å². The topological polar surface area (TPSA) is 17.1 Å². The molecular weight excluding hydrogens is 232 g/mol. The molecule has 0 amide bonds. The number of aryl methyl sites for hydroxylation is 1. The first-order chi connectivity index (χ1) is 9.22. The molecule has 0 N–H and O–H groups in total. The number of benzene rings is 1. The van der Waals surface area contributed by atoms with Crippen molar-refractivity contribution >= 4 is 5.78 Å². The van der Waals surface area contributed by atoms with Crippen LogP contribution in [0.2, 0.25) is 0 Å². The molecule has 1 aromatic rings. The molecule has 0 fully saturated rings. The Morgan fingerprint density at radius 2 is 1.53 bits per heavy atom. The van der Waals surface area contributed by atoms with Gasteiger partial charge in [-0.15, -0.1) is 0 Å². The Morgan fingerprint density at radius 1 is 0.947 bits per heavy atom. The van der Waals surface area contributed by atoms with Crippen LogP contribution in [0.1, 0.15) is 75.2 Å². The van der Waals surface area contributed by atoms with Gasteiger partial charge in [-0.2, -0.15) is 0 Å². The monoisotopic (exact) mass is 260 g/mol. The van der Waals surface area contributed by atoms with Gasteiger partial charge in [0.1, 0.15) is 0 Å². The molecule has 0 aliphatic rings. The summed E-state index contributed by atoms with van der Waals surface area (Å²) in [5.41, 5.74) is 2.24. The Morgan fingerprint density at radius 3 is 2.00 bits per heavy atom. The number of ketones is 1. The molecule has 1 aromatic carbocycles. The van der Waals surface area contributed by atoms with Gasteiger partial charge in [0.05, 0.1) is 0 Å². The van der Waals surface area contributed by atoms with Gasteiger partial charge in [0.25, 0.3) is 0 Å². The second kappa shape index (κ2) is 8.90. The van der Waals surface area contributed by atoms with E-state index in [1.165, 1.54) is 18.4 Å². The summed E-state index contributed by atoms with van der Waals surface area (Å²) in [6, 6.07) is 8.28. The van der Waals surface area contributed by atoms with Crippen LogP contribution < -0.4 is 0 Å². The zero-order valence-corrected chi connectivity index (χ0v) is 12.7. The van der Waals surface area contributed by atoms with E-state index in [0.29, 0.717) is 5.78 Å². The molecule has 0 saturated heterocycles. The quantitative estimate of drug-likeness (QED) is 0.541. The lowest BCUT2D eigenvalue weighted by molar-refractivity contribution is 0.0905. The molecule has 0 aliphatic carbocycles. The Labute approximate surface area is 118 Å². The van der Waals surface area contributed by atoms with Crippen LogP contribution in [0.5, 0.6) is 0 Å². The molecule has 0 radical (unpaired) electrons. The van der Waals surface area contributed by atoms with Gasteiger partial charge < -0.3 is 0 Å². The smallest absolute Gasteiger partial charge is 0.165 e. The first-order valence-corrected chi connectivity index (χ1v) is 7.86. The van der Waals surface area contributed by atoms with Crippen LogP contribution in [0.4, 0.5) is 0 Å². The highest BCUT2D eigenvalue weighted by molar-refractivity contribution is 5.97. The number of rotatable bonds is 9. The standard InChI is InChI=1S/C18H28O/c1-4-7-10-15-11-13-17(14-12-15)18(19)16(8-5-2)9-6-3/h11-14,16H,4-10H2,1-3H3. The third-order valence-electron chi connectivity index (χ3n) is 3.70. The number of carbonyl (C=O) groups excluding carboxylic acids is 1. The molecule has 1 nitrogen and oxygen atoms in total. The zero-order chi connectivity index (χ0) is 14.1. The van der Waals surface area contributed by atoms with Gasteiger partial charge in [0.2, 0.25) is 0 Å². The Bertz CT molecular complexity index is 358. The predicted octanol–water partition coefficient (Wildman–Crippen LogP) is 5.43. The summed E-state index contributed by atoms with van der Waals surface area (Å²) in [7, 11) is 0. The molecule has 0 bridgehead atoms. The SMILES string of the molecule is CCCCc1ccc(C(=O)C(CCC)CCC)cc1. The first kappa shape index (κ1) is 15.9. The van der Waals surface area contributed by atoms with Crippen molar-refractivity contribution in [1.29, 1.82) is 0 Å². The third kappa shape index (κ3) is 5.18. The average molecular weight is 260 g/mol. The molecule has 19 heavy (non-hydrogen) atoms. The van der Waals surface area contributed by atoms with E-state index in [2.05, 4.69) is 32.9 Å². The molecule has 0 atom stereocenters. The Kier molecular flexibility index (Phi) is 7.47. The number of unbranched alkanes of at least 4 members (excludes halogenated alkanes) is 1. The van der Waals surface area contributed by atoms with E-state index >= 15 is 0 Å². The summed E-state index contributed by atoms with van der Waals surface area (Å²) in [6.45, 7) is 6.52. The molecule has 0 unspecified atom stereocenters. The van der Waals surface area contributed by atoms with Gasteiger partial charge in [-0.1, -0.05) is 64.3 Å². The van der Waals surface area contributed by atoms with Gasteiger partial charge in [-0.05, 0) is 31.2 Å². The van der Waals surface area contributed by atoms with Gasteiger partial charge in [0.15, 0.2) is 5.78 Å². The van der Waals surface area contributed by atoms with Crippen molar-refractivity contribution in [3.63, 3.8) is 0 Å². The summed E-state index contributed by atoms with van der Waals surface area (Å²) in [5, 5.41) is 0. The second-order valence-electron chi connectivity index (χ2n) is 5.44. The Balaban J connectivity index is 2.69. The highest BCUT2D eigenvalue weighted by Crippen LogP contribution is 2.20. The number of carbonyl (C=O) groups is 1. The highest BCUT2D eigenvalue weighted by Gasteiger charge is 2.18. The van der Waals surface area contributed by atoms with Crippen LogP contribution in [0.15, 0.2) is 24.3 Å². The molecule has 0 saturated carbocycles. The largest absolute Gasteiger partial charge is 0.294 e. The summed E-state index contributed by atoms with van der Waals surface area (Å²) in [6.07, 6.45) is 7.78. The zero-order valence-electron chi connectivity index (χ0n) is 12.7. The van der Waals surface area contributed by atoms with E-state index in [0.717, 1.165) is 37.7 Å². The predicted molar refractivity (Wildman–Crippen MR) is 82.7 cm³/mol. The normalized spacial score (nSPS) is 10.9. The lowest BCUT2D eigenvalue weighted by Crippen LogP contribution is -2.14. The maximum absolute atomic E-state index is 12.5. The maximum atomic E-state index is 12.5. The fourth-order valence-electron chi connectivity index (χ4n) is 2.56. The van der Waals surface area contributed by atoms with E-state index in [1.807, 2.05) is 12.1 Å². The maximum Gasteiger partial charge on any atom is 0.165 e. The van der Waals surface area contributed by atoms with Crippen molar-refractivity contribution < 1.29 is 4.79 Å². The fraction of sp³-hybridized carbons (Fsp3) is 0.611. The van der Waals surface area contributed by atoms with Crippen molar-refractivity contribution in [3.05, 3.63) is 35.4 Å². The number of hydrogen-bond donors (Lipinski definition) is 0. The second-order valence-corrected chi connectivity index (χ2v) is 5.44. The van der Waals surface area contributed by atoms with Crippen molar-refractivity contribution in [2.24, 2.45) is 5.92 Å². The summed E-state index contributed by atoms with van der Waals surface area (Å²) < 4.78 is 0. The lowest BCUT2D eigenvalue weighted by atomic mass is 9.89. The van der Waals surface area contributed by atoms with Gasteiger partial charge in [0, 0.05) is 11.5 Å². The minimum absolute atomic E-state index is 0.219. The Hall–Kier alpha value is -1.11. The minimum Gasteiger partial charge on any atom is -0.294 e. The van der Waals surface area contributed by atoms with Gasteiger partial charge in [-0.3, -0.25) is 4.79 Å². The van der Waals surface area contributed by atoms with Crippen LogP contribution in [-0.2, 0) is 6.42 Å². The van der Waals surface area contributed by atoms with Crippen LogP contribution in [-0.4, -0.2) is 5.78 Å². The lowest BCUT2D eigenvalue weighted by Gasteiger charge is -2.14. The molecule has 0 aliphatic heterocycles. The van der Waals surface area contributed by atoms with Crippen molar-refractivity contribution in [2.75, 3.05) is 0 Å². The average Bonchev–Trinajstić information content (AvgIpc) is 2.44. The van der Waals surface area contributed by atoms with E-state index in [4.69, 9.17) is 0 Å². The highest BCUT2D eigenvalue weighted by atomic mass is 16.1. The summed E-state index contributed by atoms with van der Waals surface area (Å²) in [4.78, 5) is 12.5. The molecule has 0 aromatic heterocycles. The van der Waals surface area contributed by atoms with Crippen LogP contribution in [0.3, 0.4) is 0 Å². The van der Waals surface area contributed by atoms with Crippen LogP contribution >= 0.6 is 0 Å². The van der Waals surface area contributed by atoms with Crippen LogP contribution in [0, 0.1) is 5.92 Å². The van der Waals surface area contributed by atoms with Crippen molar-refractivity contribution in [3.8, 4) is 0 Å². The van der Waals surface area contributed by atoms with Crippen molar-refractivity contribution in [1.82, 2.24) is 0 Å². The van der Waals surface area contributed by atoms with Crippen molar-refractivity contribution in [2.45, 2.75) is 65.7 Å². The minimum atomic E-state index is 0.219. The molecule has 1 rings (SSSR count). The molecular formula is C18H28O. The fourth-order valence-corrected chi connectivity index (χ4v) is 2.56. The molecule has 0 heterocycles. The molecule has 1 heteroatoms. The summed E-state index contributed by atoms with van der Waals surface area (Å²) >= 11 is 0. The van der Waals surface area contributed by atoms with E-state index in [1.54, 1.807) is 0 Å². The summed E-state index contributed by atoms with van der Waals surface area (Å²) in [5.74, 6) is 0.558. The van der Waals surface area contributed by atoms with E-state index < -0.39 is 0 Å². The van der Waals surface area contributed by atoms with E-state index in [-0.39, 0.29) is 5.92 Å².